The van der Waals surface area contributed by atoms with Crippen LogP contribution in [0, 0.1) is 5.82 Å². The lowest BCUT2D eigenvalue weighted by molar-refractivity contribution is -0.115. The summed E-state index contributed by atoms with van der Waals surface area (Å²) in [5.41, 5.74) is 0.0361. The summed E-state index contributed by atoms with van der Waals surface area (Å²) < 4.78 is 22.6. The van der Waals surface area contributed by atoms with Gasteiger partial charge in [0.25, 0.3) is 5.56 Å². The van der Waals surface area contributed by atoms with Crippen LogP contribution in [0.4, 0.5) is 10.1 Å². The summed E-state index contributed by atoms with van der Waals surface area (Å²) in [4.78, 5) is 40.8. The number of anilines is 1. The number of halogens is 1. The molecule has 1 aromatic carbocycles. The van der Waals surface area contributed by atoms with Gasteiger partial charge < -0.3 is 14.6 Å². The maximum absolute atomic E-state index is 13.7. The summed E-state index contributed by atoms with van der Waals surface area (Å²) in [6.45, 7) is 0. The fourth-order valence-electron chi connectivity index (χ4n) is 2.89. The van der Waals surface area contributed by atoms with Crippen LogP contribution in [0.15, 0.2) is 32.9 Å². The Morgan fingerprint density at radius 2 is 1.93 bits per heavy atom. The number of imidazole rings is 1. The highest BCUT2D eigenvalue weighted by Gasteiger charge is 2.17. The van der Waals surface area contributed by atoms with Gasteiger partial charge in [0, 0.05) is 45.1 Å². The van der Waals surface area contributed by atoms with Crippen LogP contribution >= 0.6 is 11.8 Å². The number of fused-ring (bicyclic) bond motifs is 1. The van der Waals surface area contributed by atoms with Crippen LogP contribution in [-0.4, -0.2) is 37.5 Å². The molecule has 2 aromatic heterocycles. The highest BCUT2D eigenvalue weighted by Crippen LogP contribution is 2.22. The average Bonchev–Trinajstić information content (AvgIpc) is 3.01. The van der Waals surface area contributed by atoms with Crippen LogP contribution in [0.1, 0.15) is 6.42 Å². The van der Waals surface area contributed by atoms with Crippen molar-refractivity contribution in [2.24, 2.45) is 21.1 Å². The van der Waals surface area contributed by atoms with Crippen LogP contribution < -0.4 is 21.3 Å². The molecule has 2 heterocycles. The third-order valence-electron chi connectivity index (χ3n) is 4.42. The van der Waals surface area contributed by atoms with Gasteiger partial charge in [0.15, 0.2) is 27.9 Å². The number of amides is 1. The van der Waals surface area contributed by atoms with Crippen molar-refractivity contribution >= 4 is 34.5 Å². The van der Waals surface area contributed by atoms with Crippen LogP contribution in [0.2, 0.25) is 0 Å². The predicted octanol–water partition coefficient (Wildman–Crippen LogP) is 1.24. The first-order valence-electron chi connectivity index (χ1n) is 8.63. The zero-order chi connectivity index (χ0) is 21.3. The molecule has 11 heteroatoms. The van der Waals surface area contributed by atoms with Crippen molar-refractivity contribution < 1.29 is 13.9 Å². The number of methoxy groups -OCH3 is 1. The number of aryl methyl sites for hydroxylation is 2. The molecular formula is C18H20FN5O4S. The van der Waals surface area contributed by atoms with Gasteiger partial charge in [0.1, 0.15) is 0 Å². The number of aromatic nitrogens is 4. The highest BCUT2D eigenvalue weighted by atomic mass is 32.2. The summed E-state index contributed by atoms with van der Waals surface area (Å²) in [7, 11) is 6.04. The molecule has 0 unspecified atom stereocenters. The number of nitrogens with zero attached hydrogens (tertiary/aromatic N) is 4. The van der Waals surface area contributed by atoms with E-state index in [0.29, 0.717) is 22.2 Å². The van der Waals surface area contributed by atoms with E-state index >= 15 is 0 Å². The first kappa shape index (κ1) is 20.6. The molecule has 29 heavy (non-hydrogen) atoms. The molecule has 1 N–H and O–H groups in total. The Balaban J connectivity index is 1.69. The van der Waals surface area contributed by atoms with Gasteiger partial charge in [-0.15, -0.1) is 0 Å². The van der Waals surface area contributed by atoms with E-state index in [0.717, 1.165) is 4.57 Å². The monoisotopic (exact) mass is 421 g/mol. The number of ether oxygens (including phenoxy) is 1. The molecule has 0 bridgehead atoms. The normalized spacial score (nSPS) is 11.1. The molecule has 3 aromatic rings. The molecule has 0 aliphatic heterocycles. The minimum Gasteiger partial charge on any atom is -0.494 e. The molecule has 0 spiro atoms. The number of rotatable bonds is 6. The number of nitrogens with one attached hydrogen (secondary N) is 1. The number of benzene rings is 1. The average molecular weight is 421 g/mol. The fraction of sp³-hybridized carbons (Fsp3) is 0.333. The molecule has 0 atom stereocenters. The molecule has 0 radical (unpaired) electrons. The van der Waals surface area contributed by atoms with Crippen molar-refractivity contribution in [2.45, 2.75) is 11.6 Å². The third-order valence-corrected chi connectivity index (χ3v) is 5.45. The quantitative estimate of drug-likeness (QED) is 0.601. The molecule has 9 nitrogen and oxygen atoms in total. The number of hydrogen-bond donors (Lipinski definition) is 1. The molecule has 0 saturated carbocycles. The fourth-order valence-corrected chi connectivity index (χ4v) is 3.80. The lowest BCUT2D eigenvalue weighted by Gasteiger charge is -2.08. The molecule has 3 rings (SSSR count). The summed E-state index contributed by atoms with van der Waals surface area (Å²) >= 11 is 1.28. The zero-order valence-corrected chi connectivity index (χ0v) is 17.2. The van der Waals surface area contributed by atoms with Crippen molar-refractivity contribution in [1.82, 2.24) is 18.7 Å². The largest absolute Gasteiger partial charge is 0.494 e. The number of carbonyl (C=O) groups excluding carboxylic acids is 1. The lowest BCUT2D eigenvalue weighted by atomic mass is 10.3. The summed E-state index contributed by atoms with van der Waals surface area (Å²) in [5.74, 6) is -0.368. The highest BCUT2D eigenvalue weighted by molar-refractivity contribution is 7.99. The van der Waals surface area contributed by atoms with E-state index in [1.165, 1.54) is 42.6 Å². The smallest absolute Gasteiger partial charge is 0.332 e. The third kappa shape index (κ3) is 3.90. The maximum Gasteiger partial charge on any atom is 0.332 e. The second-order valence-electron chi connectivity index (χ2n) is 6.33. The van der Waals surface area contributed by atoms with E-state index in [1.54, 1.807) is 24.7 Å². The van der Waals surface area contributed by atoms with Gasteiger partial charge in [0.2, 0.25) is 5.91 Å². The second kappa shape index (κ2) is 8.11. The lowest BCUT2D eigenvalue weighted by Crippen LogP contribution is -2.37. The summed E-state index contributed by atoms with van der Waals surface area (Å²) in [5, 5.41) is 3.14. The van der Waals surface area contributed by atoms with Crippen molar-refractivity contribution in [2.75, 3.05) is 18.2 Å². The van der Waals surface area contributed by atoms with Gasteiger partial charge in [-0.25, -0.2) is 14.2 Å². The molecular weight excluding hydrogens is 401 g/mol. The second-order valence-corrected chi connectivity index (χ2v) is 7.39. The Kier molecular flexibility index (Phi) is 5.78. The number of carbonyl (C=O) groups is 1. The Hall–Kier alpha value is -3.08. The SMILES string of the molecule is COc1ccc(NC(=O)CCSc2nc3c(=O)n(C)c(=O)n(C)c3n2C)cc1F. The Bertz CT molecular complexity index is 1210. The van der Waals surface area contributed by atoms with Crippen molar-refractivity contribution in [3.05, 3.63) is 44.9 Å². The van der Waals surface area contributed by atoms with E-state index in [9.17, 15) is 18.8 Å². The molecule has 0 aliphatic rings. The van der Waals surface area contributed by atoms with Crippen LogP contribution in [0.5, 0.6) is 5.75 Å². The van der Waals surface area contributed by atoms with Crippen molar-refractivity contribution in [3.8, 4) is 5.75 Å². The van der Waals surface area contributed by atoms with Crippen LogP contribution in [0.3, 0.4) is 0 Å². The van der Waals surface area contributed by atoms with Crippen molar-refractivity contribution in [3.63, 3.8) is 0 Å². The minimum absolute atomic E-state index is 0.0981. The predicted molar refractivity (Wildman–Crippen MR) is 108 cm³/mol. The summed E-state index contributed by atoms with van der Waals surface area (Å²) in [6.07, 6.45) is 0.151. The first-order valence-corrected chi connectivity index (χ1v) is 9.61. The Morgan fingerprint density at radius 1 is 1.21 bits per heavy atom. The molecule has 0 saturated heterocycles. The van der Waals surface area contributed by atoms with E-state index in [2.05, 4.69) is 10.3 Å². The van der Waals surface area contributed by atoms with Gasteiger partial charge in [-0.2, -0.15) is 0 Å². The standard InChI is InChI=1S/C18H20FN5O4S/c1-22-15-14(16(26)24(3)18(27)23(15)2)21-17(22)29-8-7-13(25)20-10-5-6-12(28-4)11(19)9-10/h5-6,9H,7-8H2,1-4H3,(H,20,25). The first-order chi connectivity index (χ1) is 13.7. The minimum atomic E-state index is -0.563. The molecule has 0 fully saturated rings. The van der Waals surface area contributed by atoms with Gasteiger partial charge >= 0.3 is 5.69 Å². The Morgan fingerprint density at radius 3 is 2.59 bits per heavy atom. The van der Waals surface area contributed by atoms with Gasteiger partial charge in [-0.1, -0.05) is 11.8 Å². The van der Waals surface area contributed by atoms with E-state index in [-0.39, 0.29) is 23.6 Å². The number of thioether (sulfide) groups is 1. The maximum atomic E-state index is 13.7. The van der Waals surface area contributed by atoms with Crippen LogP contribution in [-0.2, 0) is 25.9 Å². The summed E-state index contributed by atoms with van der Waals surface area (Å²) in [6, 6.07) is 4.17. The van der Waals surface area contributed by atoms with Crippen molar-refractivity contribution in [1.29, 1.82) is 0 Å². The van der Waals surface area contributed by atoms with E-state index in [4.69, 9.17) is 4.74 Å². The zero-order valence-electron chi connectivity index (χ0n) is 16.4. The molecule has 154 valence electrons. The van der Waals surface area contributed by atoms with E-state index < -0.39 is 17.1 Å². The van der Waals surface area contributed by atoms with E-state index in [1.807, 2.05) is 0 Å². The topological polar surface area (TPSA) is 100 Å². The van der Waals surface area contributed by atoms with Crippen LogP contribution in [0.25, 0.3) is 11.2 Å². The Labute approximate surface area is 169 Å². The number of hydrogen-bond acceptors (Lipinski definition) is 6. The van der Waals surface area contributed by atoms with Gasteiger partial charge in [-0.3, -0.25) is 18.7 Å². The van der Waals surface area contributed by atoms with Gasteiger partial charge in [-0.05, 0) is 12.1 Å². The molecule has 1 amide bonds. The van der Waals surface area contributed by atoms with Gasteiger partial charge in [0.05, 0.1) is 7.11 Å². The molecule has 0 aliphatic carbocycles.